The standard InChI is InChI=1S/C40H52F4N6O9S/c1-7-22-27-19-50(28(22)32(51)48-39(18-23(39)31(41)42)35(53)49-60(55,56)38(5)14-15-38)34(52)30(37(2,3)4)47-36(54)59-26-16-20(26)10-8-9-13-40(43,44)29-33(58-27)46-25-17-21(57-6)11-12-24(25)45-29/h11-12,17,20,22-23,26-28,30-31H,7-10,13-16,18-19H2,1-6H3,(H,47,54)(H,48,51)(H,49,53)/t20-,22-,23?,26-,27+,28+,30-,39-/m1/s1. The van der Waals surface area contributed by atoms with Gasteiger partial charge in [-0.05, 0) is 75.3 Å². The quantitative estimate of drug-likeness (QED) is 0.304. The number of carbonyl (C=O) groups is 4. The normalized spacial score (nSPS) is 31.3. The number of nitrogens with one attached hydrogen (secondary N) is 3. The number of methoxy groups -OCH3 is 1. The topological polar surface area (TPSA) is 195 Å². The minimum atomic E-state index is -4.31. The zero-order chi connectivity index (χ0) is 43.7. The van der Waals surface area contributed by atoms with Gasteiger partial charge in [-0.1, -0.05) is 34.1 Å². The third-order valence-corrected chi connectivity index (χ3v) is 14.9. The van der Waals surface area contributed by atoms with Crippen LogP contribution in [0.1, 0.15) is 98.1 Å². The Morgan fingerprint density at radius 1 is 1.07 bits per heavy atom. The predicted molar refractivity (Wildman–Crippen MR) is 207 cm³/mol. The molecule has 20 heteroatoms. The number of rotatable bonds is 8. The van der Waals surface area contributed by atoms with Crippen LogP contribution in [0.4, 0.5) is 22.4 Å². The summed E-state index contributed by atoms with van der Waals surface area (Å²) in [4.78, 5) is 66.3. The first-order valence-electron chi connectivity index (χ1n) is 20.4. The maximum atomic E-state index is 16.3. The Morgan fingerprint density at radius 2 is 1.78 bits per heavy atom. The lowest BCUT2D eigenvalue weighted by Gasteiger charge is -2.36. The van der Waals surface area contributed by atoms with Gasteiger partial charge in [0.2, 0.25) is 34.1 Å². The van der Waals surface area contributed by atoms with Crippen LogP contribution in [0, 0.1) is 23.2 Å². The highest BCUT2D eigenvalue weighted by Gasteiger charge is 2.68. The van der Waals surface area contributed by atoms with Crippen LogP contribution in [0.15, 0.2) is 18.2 Å². The van der Waals surface area contributed by atoms with E-state index in [4.69, 9.17) is 14.2 Å². The average molecular weight is 869 g/mol. The second kappa shape index (κ2) is 15.4. The van der Waals surface area contributed by atoms with Crippen LogP contribution >= 0.6 is 0 Å². The van der Waals surface area contributed by atoms with Crippen molar-refractivity contribution in [2.45, 2.75) is 139 Å². The van der Waals surface area contributed by atoms with Crippen molar-refractivity contribution in [3.63, 3.8) is 0 Å². The van der Waals surface area contributed by atoms with Crippen LogP contribution in [0.2, 0.25) is 0 Å². The first kappa shape index (κ1) is 43.6. The zero-order valence-electron chi connectivity index (χ0n) is 34.4. The molecule has 0 spiro atoms. The molecule has 2 aliphatic heterocycles. The van der Waals surface area contributed by atoms with Gasteiger partial charge in [-0.15, -0.1) is 0 Å². The van der Waals surface area contributed by atoms with Gasteiger partial charge in [0.25, 0.3) is 11.8 Å². The molecule has 5 aliphatic rings. The second-order valence-electron chi connectivity index (χ2n) is 18.2. The van der Waals surface area contributed by atoms with Crippen molar-refractivity contribution in [1.29, 1.82) is 0 Å². The van der Waals surface area contributed by atoms with E-state index in [0.717, 1.165) is 4.90 Å². The molecule has 3 N–H and O–H groups in total. The summed E-state index contributed by atoms with van der Waals surface area (Å²) < 4.78 is 105. The summed E-state index contributed by atoms with van der Waals surface area (Å²) in [6.45, 7) is 7.62. The molecule has 4 fully saturated rings. The van der Waals surface area contributed by atoms with Gasteiger partial charge in [0.05, 0.1) is 35.4 Å². The number of carbonyl (C=O) groups excluding carboxylic acids is 4. The summed E-state index contributed by atoms with van der Waals surface area (Å²) in [5, 5.41) is 5.06. The minimum absolute atomic E-state index is 0.0516. The van der Waals surface area contributed by atoms with E-state index < -0.39 is 129 Å². The molecule has 1 unspecified atom stereocenters. The fourth-order valence-corrected chi connectivity index (χ4v) is 9.74. The monoisotopic (exact) mass is 868 g/mol. The second-order valence-corrected chi connectivity index (χ2v) is 20.4. The van der Waals surface area contributed by atoms with Gasteiger partial charge in [0.1, 0.15) is 35.6 Å². The van der Waals surface area contributed by atoms with Gasteiger partial charge >= 0.3 is 6.09 Å². The number of fused-ring (bicyclic) bond motifs is 5. The van der Waals surface area contributed by atoms with Crippen molar-refractivity contribution in [3.05, 3.63) is 23.9 Å². The number of hydrogen-bond donors (Lipinski definition) is 3. The third kappa shape index (κ3) is 8.28. The number of halogens is 4. The number of sulfonamides is 1. The molecular weight excluding hydrogens is 817 g/mol. The molecule has 2 aromatic rings. The first-order chi connectivity index (χ1) is 28.0. The Labute approximate surface area is 345 Å². The van der Waals surface area contributed by atoms with Crippen molar-refractivity contribution in [2.24, 2.45) is 23.2 Å². The molecule has 15 nitrogen and oxygen atoms in total. The van der Waals surface area contributed by atoms with Crippen LogP contribution in [-0.2, 0) is 35.1 Å². The van der Waals surface area contributed by atoms with Crippen molar-refractivity contribution in [3.8, 4) is 11.6 Å². The Bertz CT molecular complexity index is 2170. The summed E-state index contributed by atoms with van der Waals surface area (Å²) in [6, 6.07) is 1.59. The molecular formula is C40H52F4N6O9S. The molecule has 8 atom stereocenters. The molecule has 1 aromatic heterocycles. The number of hydrogen-bond acceptors (Lipinski definition) is 11. The highest BCUT2D eigenvalue weighted by atomic mass is 32.2. The van der Waals surface area contributed by atoms with Crippen LogP contribution in [0.25, 0.3) is 11.0 Å². The van der Waals surface area contributed by atoms with Gasteiger partial charge < -0.3 is 29.7 Å². The number of nitrogens with zero attached hydrogens (tertiary/aromatic N) is 3. The van der Waals surface area contributed by atoms with Gasteiger partial charge in [-0.2, -0.15) is 8.78 Å². The molecule has 0 radical (unpaired) electrons. The van der Waals surface area contributed by atoms with Gasteiger partial charge in [-0.25, -0.2) is 32.0 Å². The first-order valence-corrected chi connectivity index (χ1v) is 21.9. The van der Waals surface area contributed by atoms with Crippen LogP contribution in [0.3, 0.4) is 0 Å². The van der Waals surface area contributed by atoms with Crippen LogP contribution in [-0.4, -0.2) is 102 Å². The summed E-state index contributed by atoms with van der Waals surface area (Å²) in [7, 11) is -2.89. The number of alkyl halides is 4. The summed E-state index contributed by atoms with van der Waals surface area (Å²) in [6.07, 6.45) is -4.91. The lowest BCUT2D eigenvalue weighted by molar-refractivity contribution is -0.144. The largest absolute Gasteiger partial charge is 0.497 e. The zero-order valence-corrected chi connectivity index (χ0v) is 35.2. The van der Waals surface area contributed by atoms with E-state index in [1.807, 2.05) is 4.72 Å². The van der Waals surface area contributed by atoms with Crippen molar-refractivity contribution in [2.75, 3.05) is 13.7 Å². The maximum absolute atomic E-state index is 16.3. The fraction of sp³-hybridized carbons (Fsp3) is 0.700. The Morgan fingerprint density at radius 3 is 2.40 bits per heavy atom. The molecule has 1 saturated heterocycles. The van der Waals surface area contributed by atoms with Crippen molar-refractivity contribution >= 4 is 44.9 Å². The van der Waals surface area contributed by atoms with Crippen LogP contribution in [0.5, 0.6) is 11.6 Å². The fourth-order valence-electron chi connectivity index (χ4n) is 8.43. The lowest BCUT2D eigenvalue weighted by atomic mass is 9.85. The highest BCUT2D eigenvalue weighted by molar-refractivity contribution is 7.91. The minimum Gasteiger partial charge on any atom is -0.497 e. The SMILES string of the molecule is CC[C@@H]1[C@@H]2CN(C(=O)[C@H](C(C)(C)C)NC(=O)O[C@@H]3C[C@H]3CCCCC(F)(F)c3nc4ccc(OC)cc4nc3O2)[C@@H]1C(=O)N[C@]1(C(=O)NS(=O)(=O)C2(C)CC2)CC1C(F)F. The molecule has 60 heavy (non-hydrogen) atoms. The Hall–Kier alpha value is -4.49. The van der Waals surface area contributed by atoms with E-state index in [1.54, 1.807) is 33.8 Å². The molecule has 330 valence electrons. The molecule has 4 amide bonds. The predicted octanol–water partition coefficient (Wildman–Crippen LogP) is 4.96. The molecule has 1 aromatic carbocycles. The van der Waals surface area contributed by atoms with Crippen molar-refractivity contribution in [1.82, 2.24) is 30.2 Å². The number of alkyl carbamates (subject to hydrolysis) is 1. The molecule has 3 heterocycles. The summed E-state index contributed by atoms with van der Waals surface area (Å²) in [5.41, 5.74) is -3.83. The van der Waals surface area contributed by atoms with E-state index >= 15 is 8.78 Å². The molecule has 2 bridgehead atoms. The molecule has 7 rings (SSSR count). The summed E-state index contributed by atoms with van der Waals surface area (Å²) >= 11 is 0. The van der Waals surface area contributed by atoms with E-state index in [1.165, 1.54) is 26.2 Å². The van der Waals surface area contributed by atoms with E-state index in [9.17, 15) is 36.4 Å². The number of benzene rings is 1. The van der Waals surface area contributed by atoms with E-state index in [2.05, 4.69) is 20.6 Å². The lowest BCUT2D eigenvalue weighted by Crippen LogP contribution is -2.61. The molecule has 3 saturated carbocycles. The smallest absolute Gasteiger partial charge is 0.408 e. The van der Waals surface area contributed by atoms with Gasteiger partial charge in [0, 0.05) is 18.4 Å². The Kier molecular flexibility index (Phi) is 11.2. The van der Waals surface area contributed by atoms with E-state index in [-0.39, 0.29) is 42.6 Å². The third-order valence-electron chi connectivity index (χ3n) is 12.8. The average Bonchev–Trinajstić information content (AvgIpc) is 4.12. The van der Waals surface area contributed by atoms with Crippen molar-refractivity contribution < 1.29 is 59.4 Å². The summed E-state index contributed by atoms with van der Waals surface area (Å²) in [5.74, 6) is -9.85. The highest BCUT2D eigenvalue weighted by Crippen LogP contribution is 2.50. The number of ether oxygens (including phenoxy) is 3. The van der Waals surface area contributed by atoms with Crippen LogP contribution < -0.4 is 24.8 Å². The maximum Gasteiger partial charge on any atom is 0.408 e. The number of aromatic nitrogens is 2. The molecule has 3 aliphatic carbocycles. The van der Waals surface area contributed by atoms with E-state index in [0.29, 0.717) is 25.0 Å². The van der Waals surface area contributed by atoms with Gasteiger partial charge in [0.15, 0.2) is 5.69 Å². The van der Waals surface area contributed by atoms with Gasteiger partial charge in [-0.3, -0.25) is 19.1 Å². The Balaban J connectivity index is 1.30. The number of amides is 4.